The second-order valence-electron chi connectivity index (χ2n) is 6.24. The van der Waals surface area contributed by atoms with Gasteiger partial charge in [-0.2, -0.15) is 0 Å². The predicted octanol–water partition coefficient (Wildman–Crippen LogP) is 3.92. The van der Waals surface area contributed by atoms with Crippen LogP contribution in [0.15, 0.2) is 0 Å². The van der Waals surface area contributed by atoms with Gasteiger partial charge in [-0.25, -0.2) is 9.97 Å². The molecule has 2 aliphatic carbocycles. The van der Waals surface area contributed by atoms with E-state index < -0.39 is 0 Å². The standard InChI is InChI=1S/C14H20ClN3/c1-8-11(15)16-13(9-4-5-9)17-12(8)18-14(2,3)10-6-7-10/h9-10H,4-7H2,1-3H3,(H,16,17,18). The zero-order valence-electron chi connectivity index (χ0n) is 11.3. The third-order valence-electron chi connectivity index (χ3n) is 4.08. The Bertz CT molecular complexity index is 476. The number of hydrogen-bond acceptors (Lipinski definition) is 3. The van der Waals surface area contributed by atoms with Crippen LogP contribution >= 0.6 is 11.6 Å². The van der Waals surface area contributed by atoms with Gasteiger partial charge >= 0.3 is 0 Å². The van der Waals surface area contributed by atoms with Crippen LogP contribution in [0.4, 0.5) is 5.82 Å². The average Bonchev–Trinajstić information content (AvgIpc) is 3.18. The third kappa shape index (κ3) is 2.33. The van der Waals surface area contributed by atoms with Gasteiger partial charge in [0.1, 0.15) is 16.8 Å². The number of nitrogens with zero attached hydrogens (tertiary/aromatic N) is 2. The summed E-state index contributed by atoms with van der Waals surface area (Å²) in [4.78, 5) is 9.08. The highest BCUT2D eigenvalue weighted by atomic mass is 35.5. The number of rotatable bonds is 4. The minimum absolute atomic E-state index is 0.100. The maximum atomic E-state index is 6.22. The molecule has 1 aromatic rings. The lowest BCUT2D eigenvalue weighted by Gasteiger charge is -2.28. The van der Waals surface area contributed by atoms with Crippen LogP contribution in [0.5, 0.6) is 0 Å². The molecular weight excluding hydrogens is 246 g/mol. The first-order valence-corrected chi connectivity index (χ1v) is 7.17. The number of anilines is 1. The predicted molar refractivity (Wildman–Crippen MR) is 74.2 cm³/mol. The Hall–Kier alpha value is -0.830. The minimum atomic E-state index is 0.100. The number of hydrogen-bond donors (Lipinski definition) is 1. The van der Waals surface area contributed by atoms with Crippen molar-refractivity contribution in [3.63, 3.8) is 0 Å². The van der Waals surface area contributed by atoms with Crippen molar-refractivity contribution in [2.45, 2.75) is 57.9 Å². The van der Waals surface area contributed by atoms with Gasteiger partial charge in [0.25, 0.3) is 0 Å². The van der Waals surface area contributed by atoms with Crippen molar-refractivity contribution >= 4 is 17.4 Å². The van der Waals surface area contributed by atoms with Crippen LogP contribution in [0.25, 0.3) is 0 Å². The van der Waals surface area contributed by atoms with Crippen molar-refractivity contribution in [1.29, 1.82) is 0 Å². The summed E-state index contributed by atoms with van der Waals surface area (Å²) in [5.74, 6) is 3.14. The molecule has 0 unspecified atom stereocenters. The molecule has 2 aliphatic rings. The lowest BCUT2D eigenvalue weighted by molar-refractivity contribution is 0.491. The second kappa shape index (κ2) is 4.09. The third-order valence-corrected chi connectivity index (χ3v) is 4.45. The van der Waals surface area contributed by atoms with Crippen molar-refractivity contribution in [1.82, 2.24) is 9.97 Å². The van der Waals surface area contributed by atoms with E-state index in [0.717, 1.165) is 23.1 Å². The fraction of sp³-hybridized carbons (Fsp3) is 0.714. The summed E-state index contributed by atoms with van der Waals surface area (Å²) in [5, 5.41) is 4.17. The maximum absolute atomic E-state index is 6.22. The van der Waals surface area contributed by atoms with Crippen molar-refractivity contribution in [2.75, 3.05) is 5.32 Å². The van der Waals surface area contributed by atoms with Gasteiger partial charge in [-0.05, 0) is 52.4 Å². The van der Waals surface area contributed by atoms with Crippen molar-refractivity contribution in [3.8, 4) is 0 Å². The van der Waals surface area contributed by atoms with Gasteiger partial charge in [0.2, 0.25) is 0 Å². The smallest absolute Gasteiger partial charge is 0.137 e. The van der Waals surface area contributed by atoms with Crippen LogP contribution in [0.3, 0.4) is 0 Å². The highest BCUT2D eigenvalue weighted by Crippen LogP contribution is 2.43. The molecular formula is C14H20ClN3. The van der Waals surface area contributed by atoms with Gasteiger partial charge in [0.15, 0.2) is 0 Å². The van der Waals surface area contributed by atoms with Crippen LogP contribution in [0.2, 0.25) is 5.15 Å². The Morgan fingerprint density at radius 3 is 2.39 bits per heavy atom. The van der Waals surface area contributed by atoms with Gasteiger partial charge < -0.3 is 5.32 Å². The van der Waals surface area contributed by atoms with E-state index in [0.29, 0.717) is 11.1 Å². The number of nitrogens with one attached hydrogen (secondary N) is 1. The van der Waals surface area contributed by atoms with E-state index >= 15 is 0 Å². The van der Waals surface area contributed by atoms with E-state index in [2.05, 4.69) is 29.1 Å². The molecule has 1 N–H and O–H groups in total. The highest BCUT2D eigenvalue weighted by molar-refractivity contribution is 6.30. The first-order valence-electron chi connectivity index (χ1n) is 6.79. The van der Waals surface area contributed by atoms with Crippen LogP contribution < -0.4 is 5.32 Å². The van der Waals surface area contributed by atoms with Gasteiger partial charge in [-0.3, -0.25) is 0 Å². The largest absolute Gasteiger partial charge is 0.365 e. The van der Waals surface area contributed by atoms with Crippen LogP contribution in [-0.4, -0.2) is 15.5 Å². The maximum Gasteiger partial charge on any atom is 0.137 e. The van der Waals surface area contributed by atoms with Crippen LogP contribution in [0, 0.1) is 12.8 Å². The van der Waals surface area contributed by atoms with Gasteiger partial charge in [-0.1, -0.05) is 11.6 Å². The summed E-state index contributed by atoms with van der Waals surface area (Å²) in [6, 6.07) is 0. The molecule has 0 atom stereocenters. The molecule has 1 heterocycles. The molecule has 0 amide bonds. The molecule has 0 aliphatic heterocycles. The van der Waals surface area contributed by atoms with Crippen LogP contribution in [-0.2, 0) is 0 Å². The zero-order valence-corrected chi connectivity index (χ0v) is 12.0. The van der Waals surface area contributed by atoms with Crippen LogP contribution in [0.1, 0.15) is 56.8 Å². The lowest BCUT2D eigenvalue weighted by atomic mass is 9.98. The Morgan fingerprint density at radius 2 is 1.83 bits per heavy atom. The molecule has 18 heavy (non-hydrogen) atoms. The molecule has 1 aromatic heterocycles. The molecule has 0 aromatic carbocycles. The van der Waals surface area contributed by atoms with E-state index in [9.17, 15) is 0 Å². The molecule has 0 bridgehead atoms. The summed E-state index contributed by atoms with van der Waals surface area (Å²) in [6.07, 6.45) is 5.02. The molecule has 0 radical (unpaired) electrons. The quantitative estimate of drug-likeness (QED) is 0.839. The number of halogens is 1. The fourth-order valence-corrected chi connectivity index (χ4v) is 2.54. The van der Waals surface area contributed by atoms with E-state index in [4.69, 9.17) is 11.6 Å². The first-order chi connectivity index (χ1) is 8.47. The SMILES string of the molecule is Cc1c(Cl)nc(C2CC2)nc1NC(C)(C)C1CC1. The Kier molecular flexibility index (Phi) is 2.77. The normalized spacial score (nSPS) is 20.0. The lowest BCUT2D eigenvalue weighted by Crippen LogP contribution is -2.34. The minimum Gasteiger partial charge on any atom is -0.365 e. The van der Waals surface area contributed by atoms with E-state index in [1.54, 1.807) is 0 Å². The van der Waals surface area contributed by atoms with E-state index in [1.165, 1.54) is 25.7 Å². The summed E-state index contributed by atoms with van der Waals surface area (Å²) in [6.45, 7) is 6.48. The summed E-state index contributed by atoms with van der Waals surface area (Å²) in [7, 11) is 0. The molecule has 98 valence electrons. The summed E-state index contributed by atoms with van der Waals surface area (Å²) in [5.41, 5.74) is 1.07. The Labute approximate surface area is 113 Å². The molecule has 2 fully saturated rings. The van der Waals surface area contributed by atoms with Gasteiger partial charge in [0.05, 0.1) is 0 Å². The highest BCUT2D eigenvalue weighted by Gasteiger charge is 2.38. The Morgan fingerprint density at radius 1 is 1.17 bits per heavy atom. The van der Waals surface area contributed by atoms with Crippen molar-refractivity contribution in [2.24, 2.45) is 5.92 Å². The fourth-order valence-electron chi connectivity index (χ4n) is 2.36. The Balaban J connectivity index is 1.89. The summed E-state index contributed by atoms with van der Waals surface area (Å²) >= 11 is 6.22. The molecule has 3 rings (SSSR count). The molecule has 4 heteroatoms. The zero-order chi connectivity index (χ0) is 12.9. The summed E-state index contributed by atoms with van der Waals surface area (Å²) < 4.78 is 0. The topological polar surface area (TPSA) is 37.8 Å². The monoisotopic (exact) mass is 265 g/mol. The average molecular weight is 266 g/mol. The first kappa shape index (κ1) is 12.2. The molecule has 0 spiro atoms. The van der Waals surface area contributed by atoms with Gasteiger partial charge in [0, 0.05) is 17.0 Å². The van der Waals surface area contributed by atoms with E-state index in [-0.39, 0.29) is 5.54 Å². The van der Waals surface area contributed by atoms with Gasteiger partial charge in [-0.15, -0.1) is 0 Å². The van der Waals surface area contributed by atoms with E-state index in [1.807, 2.05) is 6.92 Å². The number of aromatic nitrogens is 2. The van der Waals surface area contributed by atoms with Crippen molar-refractivity contribution < 1.29 is 0 Å². The molecule has 0 saturated heterocycles. The molecule has 2 saturated carbocycles. The second-order valence-corrected chi connectivity index (χ2v) is 6.60. The molecule has 3 nitrogen and oxygen atoms in total. The van der Waals surface area contributed by atoms with Crippen molar-refractivity contribution in [3.05, 3.63) is 16.5 Å².